The predicted molar refractivity (Wildman–Crippen MR) is 98.9 cm³/mol. The SMILES string of the molecule is Cc1nc(-c2ccc(C(=O)N3CCC(F)(F)CC3)cc2)nc2c1CCCC2. The van der Waals surface area contributed by atoms with Gasteiger partial charge >= 0.3 is 0 Å². The lowest BCUT2D eigenvalue weighted by molar-refractivity contribution is -0.0494. The van der Waals surface area contributed by atoms with Gasteiger partial charge in [0.2, 0.25) is 0 Å². The van der Waals surface area contributed by atoms with E-state index in [2.05, 4.69) is 4.98 Å². The van der Waals surface area contributed by atoms with Crippen LogP contribution in [0.15, 0.2) is 24.3 Å². The number of piperidine rings is 1. The molecule has 0 atom stereocenters. The molecule has 0 radical (unpaired) electrons. The smallest absolute Gasteiger partial charge is 0.253 e. The topological polar surface area (TPSA) is 46.1 Å². The molecule has 0 saturated carbocycles. The Morgan fingerprint density at radius 1 is 1.04 bits per heavy atom. The molecule has 0 N–H and O–H groups in total. The molecule has 27 heavy (non-hydrogen) atoms. The van der Waals surface area contributed by atoms with Gasteiger partial charge in [0.1, 0.15) is 0 Å². The summed E-state index contributed by atoms with van der Waals surface area (Å²) < 4.78 is 26.6. The van der Waals surface area contributed by atoms with Crippen molar-refractivity contribution in [3.63, 3.8) is 0 Å². The summed E-state index contributed by atoms with van der Waals surface area (Å²) in [5, 5.41) is 0. The third kappa shape index (κ3) is 3.70. The molecule has 1 aromatic carbocycles. The minimum Gasteiger partial charge on any atom is -0.338 e. The molecule has 1 amide bonds. The van der Waals surface area contributed by atoms with E-state index in [1.807, 2.05) is 19.1 Å². The van der Waals surface area contributed by atoms with Crippen LogP contribution in [0.25, 0.3) is 11.4 Å². The van der Waals surface area contributed by atoms with Crippen LogP contribution in [0.2, 0.25) is 0 Å². The summed E-state index contributed by atoms with van der Waals surface area (Å²) in [6.45, 7) is 2.22. The second kappa shape index (κ2) is 6.98. The Kier molecular flexibility index (Phi) is 4.66. The van der Waals surface area contributed by atoms with E-state index >= 15 is 0 Å². The Labute approximate surface area is 157 Å². The Balaban J connectivity index is 1.53. The number of aryl methyl sites for hydroxylation is 2. The van der Waals surface area contributed by atoms with E-state index < -0.39 is 5.92 Å². The zero-order valence-corrected chi connectivity index (χ0v) is 15.5. The van der Waals surface area contributed by atoms with Crippen molar-refractivity contribution in [2.75, 3.05) is 13.1 Å². The lowest BCUT2D eigenvalue weighted by atomic mass is 9.95. The fraction of sp³-hybridized carbons (Fsp3) is 0.476. The van der Waals surface area contributed by atoms with Crippen LogP contribution in [0.4, 0.5) is 8.78 Å². The highest BCUT2D eigenvalue weighted by atomic mass is 19.3. The summed E-state index contributed by atoms with van der Waals surface area (Å²) in [5.74, 6) is -2.16. The fourth-order valence-electron chi connectivity index (χ4n) is 3.89. The summed E-state index contributed by atoms with van der Waals surface area (Å²) in [6.07, 6.45) is 3.85. The first-order chi connectivity index (χ1) is 12.9. The molecule has 1 saturated heterocycles. The van der Waals surface area contributed by atoms with Gasteiger partial charge in [-0.2, -0.15) is 0 Å². The van der Waals surface area contributed by atoms with E-state index in [4.69, 9.17) is 4.98 Å². The summed E-state index contributed by atoms with van der Waals surface area (Å²) in [6, 6.07) is 7.16. The van der Waals surface area contributed by atoms with Gasteiger partial charge in [-0.25, -0.2) is 18.7 Å². The molecule has 2 aromatic rings. The maximum absolute atomic E-state index is 13.3. The van der Waals surface area contributed by atoms with Gasteiger partial charge in [-0.15, -0.1) is 0 Å². The molecule has 4 nitrogen and oxygen atoms in total. The minimum absolute atomic E-state index is 0.0979. The van der Waals surface area contributed by atoms with Gasteiger partial charge in [0.05, 0.1) is 0 Å². The minimum atomic E-state index is -2.65. The van der Waals surface area contributed by atoms with Crippen LogP contribution in [0, 0.1) is 6.92 Å². The number of amides is 1. The summed E-state index contributed by atoms with van der Waals surface area (Å²) in [7, 11) is 0. The van der Waals surface area contributed by atoms with Crippen molar-refractivity contribution in [1.29, 1.82) is 0 Å². The molecular weight excluding hydrogens is 348 g/mol. The van der Waals surface area contributed by atoms with Crippen molar-refractivity contribution in [2.45, 2.75) is 51.4 Å². The van der Waals surface area contributed by atoms with Crippen LogP contribution >= 0.6 is 0 Å². The number of alkyl halides is 2. The molecule has 2 heterocycles. The third-order valence-corrected chi connectivity index (χ3v) is 5.56. The van der Waals surface area contributed by atoms with E-state index in [1.165, 1.54) is 16.9 Å². The second-order valence-corrected chi connectivity index (χ2v) is 7.49. The monoisotopic (exact) mass is 371 g/mol. The lowest BCUT2D eigenvalue weighted by Crippen LogP contribution is -2.42. The molecule has 1 aliphatic carbocycles. The highest BCUT2D eigenvalue weighted by molar-refractivity contribution is 5.94. The van der Waals surface area contributed by atoms with Crippen LogP contribution in [-0.4, -0.2) is 39.8 Å². The van der Waals surface area contributed by atoms with Crippen LogP contribution in [-0.2, 0) is 12.8 Å². The van der Waals surface area contributed by atoms with Crippen LogP contribution < -0.4 is 0 Å². The summed E-state index contributed by atoms with van der Waals surface area (Å²) in [4.78, 5) is 23.4. The molecule has 1 fully saturated rings. The van der Waals surface area contributed by atoms with Gasteiger partial charge in [0.25, 0.3) is 11.8 Å². The average molecular weight is 371 g/mol. The van der Waals surface area contributed by atoms with Crippen LogP contribution in [0.5, 0.6) is 0 Å². The molecule has 4 rings (SSSR count). The molecule has 0 bridgehead atoms. The van der Waals surface area contributed by atoms with Crippen molar-refractivity contribution in [1.82, 2.24) is 14.9 Å². The van der Waals surface area contributed by atoms with Crippen molar-refractivity contribution in [3.8, 4) is 11.4 Å². The predicted octanol–water partition coefficient (Wildman–Crippen LogP) is 4.20. The first kappa shape index (κ1) is 18.0. The number of aromatic nitrogens is 2. The molecule has 142 valence electrons. The maximum Gasteiger partial charge on any atom is 0.253 e. The zero-order chi connectivity index (χ0) is 19.0. The number of carbonyl (C=O) groups excluding carboxylic acids is 1. The van der Waals surface area contributed by atoms with Crippen LogP contribution in [0.1, 0.15) is 53.0 Å². The van der Waals surface area contributed by atoms with Crippen LogP contribution in [0.3, 0.4) is 0 Å². The highest BCUT2D eigenvalue weighted by Crippen LogP contribution is 2.29. The molecule has 0 spiro atoms. The Hall–Kier alpha value is -2.37. The Morgan fingerprint density at radius 2 is 1.70 bits per heavy atom. The average Bonchev–Trinajstić information content (AvgIpc) is 2.67. The molecular formula is C21H23F2N3O. The van der Waals surface area contributed by atoms with E-state index in [9.17, 15) is 13.6 Å². The fourth-order valence-corrected chi connectivity index (χ4v) is 3.89. The number of halogens is 2. The number of nitrogens with zero attached hydrogens (tertiary/aromatic N) is 3. The van der Waals surface area contributed by atoms with Crippen molar-refractivity contribution in [2.24, 2.45) is 0 Å². The quantitative estimate of drug-likeness (QED) is 0.795. The molecule has 1 aromatic heterocycles. The molecule has 6 heteroatoms. The lowest BCUT2D eigenvalue weighted by Gasteiger charge is -2.31. The summed E-state index contributed by atoms with van der Waals surface area (Å²) >= 11 is 0. The third-order valence-electron chi connectivity index (χ3n) is 5.56. The summed E-state index contributed by atoms with van der Waals surface area (Å²) in [5.41, 5.74) is 4.83. The number of likely N-dealkylation sites (tertiary alicyclic amines) is 1. The van der Waals surface area contributed by atoms with Crippen molar-refractivity contribution < 1.29 is 13.6 Å². The number of benzene rings is 1. The Morgan fingerprint density at radius 3 is 2.41 bits per heavy atom. The van der Waals surface area contributed by atoms with E-state index in [-0.39, 0.29) is 31.8 Å². The highest BCUT2D eigenvalue weighted by Gasteiger charge is 2.35. The normalized spacial score (nSPS) is 18.9. The number of hydrogen-bond donors (Lipinski definition) is 0. The molecule has 1 aliphatic heterocycles. The number of carbonyl (C=O) groups is 1. The molecule has 0 unspecified atom stereocenters. The Bertz CT molecular complexity index is 854. The first-order valence-electron chi connectivity index (χ1n) is 9.57. The van der Waals surface area contributed by atoms with Gasteiger partial charge in [-0.3, -0.25) is 4.79 Å². The number of rotatable bonds is 2. The van der Waals surface area contributed by atoms with Gasteiger partial charge in [0, 0.05) is 48.4 Å². The van der Waals surface area contributed by atoms with Gasteiger partial charge in [-0.1, -0.05) is 12.1 Å². The van der Waals surface area contributed by atoms with Gasteiger partial charge < -0.3 is 4.90 Å². The van der Waals surface area contributed by atoms with Crippen molar-refractivity contribution in [3.05, 3.63) is 46.8 Å². The van der Waals surface area contributed by atoms with Gasteiger partial charge in [-0.05, 0) is 50.3 Å². The first-order valence-corrected chi connectivity index (χ1v) is 9.57. The zero-order valence-electron chi connectivity index (χ0n) is 15.5. The van der Waals surface area contributed by atoms with E-state index in [0.29, 0.717) is 11.4 Å². The standard InChI is InChI=1S/C21H23F2N3O/c1-14-17-4-2-3-5-18(17)25-19(24-14)15-6-8-16(9-7-15)20(27)26-12-10-21(22,23)11-13-26/h6-9H,2-5,10-13H2,1H3. The second-order valence-electron chi connectivity index (χ2n) is 7.49. The van der Waals surface area contributed by atoms with Gasteiger partial charge in [0.15, 0.2) is 5.82 Å². The number of hydrogen-bond acceptors (Lipinski definition) is 3. The number of fused-ring (bicyclic) bond motifs is 1. The molecule has 2 aliphatic rings. The van der Waals surface area contributed by atoms with E-state index in [0.717, 1.165) is 36.2 Å². The van der Waals surface area contributed by atoms with Crippen molar-refractivity contribution >= 4 is 5.91 Å². The van der Waals surface area contributed by atoms with E-state index in [1.54, 1.807) is 12.1 Å². The largest absolute Gasteiger partial charge is 0.338 e. The maximum atomic E-state index is 13.3.